The van der Waals surface area contributed by atoms with Gasteiger partial charge in [-0.1, -0.05) is 0 Å². The van der Waals surface area contributed by atoms with Gasteiger partial charge in [-0.25, -0.2) is 4.57 Å². The first kappa shape index (κ1) is 25.2. The second-order valence-corrected chi connectivity index (χ2v) is 9.01. The molecule has 1 aromatic heterocycles. The van der Waals surface area contributed by atoms with E-state index in [0.717, 1.165) is 6.07 Å². The number of ether oxygens (including phenoxy) is 1. The molecule has 172 valence electrons. The van der Waals surface area contributed by atoms with Crippen molar-refractivity contribution in [3.05, 3.63) is 27.4 Å². The van der Waals surface area contributed by atoms with E-state index in [1.54, 1.807) is 0 Å². The minimum absolute atomic E-state index is 0.0663. The maximum Gasteiger partial charge on any atom is 0.472 e. The molecular formula is C15H26N3O10PS. The Bertz CT molecular complexity index is 890. The predicted octanol–water partition coefficient (Wildman–Crippen LogP) is -1.88. The number of aliphatic hydroxyl groups excluding tert-OH is 3. The molecule has 0 aliphatic carbocycles. The van der Waals surface area contributed by atoms with E-state index in [4.69, 9.17) is 27.2 Å². The molecule has 0 spiro atoms. The fourth-order valence-corrected chi connectivity index (χ4v) is 3.86. The van der Waals surface area contributed by atoms with Gasteiger partial charge in [0.15, 0.2) is 11.0 Å². The molecule has 8 N–H and O–H groups in total. The number of phosphoric ester groups is 1. The van der Waals surface area contributed by atoms with Crippen molar-refractivity contribution in [1.82, 2.24) is 9.55 Å². The van der Waals surface area contributed by atoms with Crippen LogP contribution < -0.4 is 11.3 Å². The normalized spacial score (nSPS) is 31.8. The molecule has 0 radical (unpaired) electrons. The number of phosphoric acid groups is 1. The molecule has 2 rings (SSSR count). The molecule has 1 aliphatic rings. The third kappa shape index (κ3) is 5.81. The lowest BCUT2D eigenvalue weighted by Crippen LogP contribution is -2.45. The molecule has 0 aromatic carbocycles. The molecule has 0 amide bonds. The Balaban J connectivity index is 2.02. The molecule has 30 heavy (non-hydrogen) atoms. The first-order valence-corrected chi connectivity index (χ1v) is 10.8. The lowest BCUT2D eigenvalue weighted by molar-refractivity contribution is -0.0979. The molecule has 8 atom stereocenters. The van der Waals surface area contributed by atoms with E-state index in [9.17, 15) is 34.7 Å². The molecule has 1 fully saturated rings. The van der Waals surface area contributed by atoms with Crippen molar-refractivity contribution < 1.29 is 43.7 Å². The Kier molecular flexibility index (Phi) is 8.10. The number of hydrogen-bond acceptors (Lipinski definition) is 11. The van der Waals surface area contributed by atoms with Gasteiger partial charge in [0.25, 0.3) is 5.56 Å². The second-order valence-electron chi connectivity index (χ2n) is 7.17. The van der Waals surface area contributed by atoms with Crippen molar-refractivity contribution in [3.63, 3.8) is 0 Å². The van der Waals surface area contributed by atoms with Crippen molar-refractivity contribution in [3.8, 4) is 0 Å². The SMILES string of the molecule is C[C@@H](O)[C@@H](O)C(N)COP(=O)(O)OC[C@H]1O[C@@H](n2ccc(=O)[nH]c2=S)C(C)(O)[C@H]1O. The van der Waals surface area contributed by atoms with Crippen LogP contribution >= 0.6 is 20.0 Å². The highest BCUT2D eigenvalue weighted by atomic mass is 32.1. The minimum Gasteiger partial charge on any atom is -0.391 e. The maximum atomic E-state index is 12.0. The van der Waals surface area contributed by atoms with Crippen LogP contribution in [0.3, 0.4) is 0 Å². The summed E-state index contributed by atoms with van der Waals surface area (Å²) in [5, 5.41) is 39.9. The summed E-state index contributed by atoms with van der Waals surface area (Å²) in [6.45, 7) is 1.31. The van der Waals surface area contributed by atoms with Crippen LogP contribution in [0.4, 0.5) is 0 Å². The Morgan fingerprint density at radius 3 is 2.67 bits per heavy atom. The molecule has 1 aromatic rings. The van der Waals surface area contributed by atoms with Crippen molar-refractivity contribution >= 4 is 20.0 Å². The number of nitrogens with two attached hydrogens (primary N) is 1. The molecule has 0 bridgehead atoms. The van der Waals surface area contributed by atoms with Gasteiger partial charge in [0.05, 0.1) is 31.5 Å². The van der Waals surface area contributed by atoms with Crippen LogP contribution in [0.15, 0.2) is 17.1 Å². The standard InChI is InChI=1S/C15H26N3O10PS/c1-7(19)11(21)8(16)5-26-29(24,25)27-6-9-12(22)15(2,23)13(28-9)18-4-3-10(20)17-14(18)30/h3-4,7-9,11-13,19,21-23H,5-6,16H2,1-2H3,(H,24,25)(H,17,20,30)/t7-,8?,9-,11-,12+,13-,15?/m1/s1. The van der Waals surface area contributed by atoms with Crippen molar-refractivity contribution in [1.29, 1.82) is 0 Å². The highest BCUT2D eigenvalue weighted by Crippen LogP contribution is 2.45. The van der Waals surface area contributed by atoms with Gasteiger partial charge in [-0.15, -0.1) is 0 Å². The van der Waals surface area contributed by atoms with E-state index >= 15 is 0 Å². The van der Waals surface area contributed by atoms with Crippen molar-refractivity contribution in [2.75, 3.05) is 13.2 Å². The first-order valence-electron chi connectivity index (χ1n) is 8.87. The maximum absolute atomic E-state index is 12.0. The number of nitrogens with zero attached hydrogens (tertiary/aromatic N) is 1. The predicted molar refractivity (Wildman–Crippen MR) is 104 cm³/mol. The van der Waals surface area contributed by atoms with Gasteiger partial charge in [0.2, 0.25) is 0 Å². The Morgan fingerprint density at radius 2 is 2.10 bits per heavy atom. The van der Waals surface area contributed by atoms with E-state index in [2.05, 4.69) is 9.51 Å². The van der Waals surface area contributed by atoms with Crippen LogP contribution in [-0.2, 0) is 18.3 Å². The summed E-state index contributed by atoms with van der Waals surface area (Å²) in [5.41, 5.74) is 3.20. The van der Waals surface area contributed by atoms with Crippen LogP contribution in [0.1, 0.15) is 20.1 Å². The molecule has 1 saturated heterocycles. The monoisotopic (exact) mass is 471 g/mol. The highest BCUT2D eigenvalue weighted by molar-refractivity contribution is 7.71. The quantitative estimate of drug-likeness (QED) is 0.156. The number of aromatic nitrogens is 2. The molecule has 13 nitrogen and oxygen atoms in total. The number of aliphatic hydroxyl groups is 4. The third-order valence-electron chi connectivity index (χ3n) is 4.62. The summed E-state index contributed by atoms with van der Waals surface area (Å²) in [6, 6.07) is -0.0128. The average molecular weight is 471 g/mol. The lowest BCUT2D eigenvalue weighted by Gasteiger charge is -2.28. The van der Waals surface area contributed by atoms with Crippen molar-refractivity contribution in [2.24, 2.45) is 5.73 Å². The third-order valence-corrected chi connectivity index (χ3v) is 5.89. The Labute approximate surface area is 176 Å². The van der Waals surface area contributed by atoms with Gasteiger partial charge in [-0.3, -0.25) is 23.4 Å². The van der Waals surface area contributed by atoms with Gasteiger partial charge in [0, 0.05) is 12.3 Å². The van der Waals surface area contributed by atoms with E-state index < -0.39 is 68.9 Å². The van der Waals surface area contributed by atoms with E-state index in [1.165, 1.54) is 24.6 Å². The Hall–Kier alpha value is -1.03. The summed E-state index contributed by atoms with van der Waals surface area (Å²) in [7, 11) is -4.67. The van der Waals surface area contributed by atoms with E-state index in [1.807, 2.05) is 0 Å². The first-order chi connectivity index (χ1) is 13.8. The smallest absolute Gasteiger partial charge is 0.391 e. The highest BCUT2D eigenvalue weighted by Gasteiger charge is 2.53. The summed E-state index contributed by atoms with van der Waals surface area (Å²) in [4.78, 5) is 23.4. The minimum atomic E-state index is -4.67. The van der Waals surface area contributed by atoms with Gasteiger partial charge in [-0.2, -0.15) is 0 Å². The van der Waals surface area contributed by atoms with Crippen LogP contribution in [0, 0.1) is 4.77 Å². The molecule has 3 unspecified atom stereocenters. The zero-order valence-electron chi connectivity index (χ0n) is 16.2. The van der Waals surface area contributed by atoms with E-state index in [-0.39, 0.29) is 4.77 Å². The largest absolute Gasteiger partial charge is 0.472 e. The Morgan fingerprint density at radius 1 is 1.47 bits per heavy atom. The number of hydrogen-bond donors (Lipinski definition) is 7. The van der Waals surface area contributed by atoms with Crippen LogP contribution in [0.5, 0.6) is 0 Å². The summed E-state index contributed by atoms with van der Waals surface area (Å²) < 4.78 is 28.2. The lowest BCUT2D eigenvalue weighted by atomic mass is 9.96. The van der Waals surface area contributed by atoms with Crippen LogP contribution in [0.25, 0.3) is 0 Å². The fraction of sp³-hybridized carbons (Fsp3) is 0.733. The van der Waals surface area contributed by atoms with Gasteiger partial charge < -0.3 is 35.8 Å². The summed E-state index contributed by atoms with van der Waals surface area (Å²) >= 11 is 5.03. The average Bonchev–Trinajstić information content (AvgIpc) is 2.87. The molecule has 2 heterocycles. The van der Waals surface area contributed by atoms with Crippen LogP contribution in [0.2, 0.25) is 0 Å². The zero-order chi connectivity index (χ0) is 22.9. The molecule has 0 saturated carbocycles. The van der Waals surface area contributed by atoms with Gasteiger partial charge >= 0.3 is 7.82 Å². The number of aromatic amines is 1. The van der Waals surface area contributed by atoms with Gasteiger partial charge in [0.1, 0.15) is 17.8 Å². The summed E-state index contributed by atoms with van der Waals surface area (Å²) in [6.07, 6.45) is -5.31. The van der Waals surface area contributed by atoms with Crippen molar-refractivity contribution in [2.45, 2.75) is 56.1 Å². The number of rotatable bonds is 9. The van der Waals surface area contributed by atoms with E-state index in [0.29, 0.717) is 0 Å². The summed E-state index contributed by atoms with van der Waals surface area (Å²) in [5.74, 6) is 0. The molecule has 1 aliphatic heterocycles. The topological polar surface area (TPSA) is 210 Å². The fourth-order valence-electron chi connectivity index (χ4n) is 2.83. The van der Waals surface area contributed by atoms with Crippen LogP contribution in [-0.4, -0.2) is 84.1 Å². The molecule has 15 heteroatoms. The number of H-pyrrole nitrogens is 1. The number of nitrogens with one attached hydrogen (secondary N) is 1. The second kappa shape index (κ2) is 9.63. The zero-order valence-corrected chi connectivity index (χ0v) is 17.9. The molecular weight excluding hydrogens is 445 g/mol. The van der Waals surface area contributed by atoms with Gasteiger partial charge in [-0.05, 0) is 26.1 Å².